The summed E-state index contributed by atoms with van der Waals surface area (Å²) in [6.45, 7) is 0. The molecule has 17 heavy (non-hydrogen) atoms. The number of carbonyl (C=O) groups excluding carboxylic acids is 1. The van der Waals surface area contributed by atoms with Crippen molar-refractivity contribution in [3.05, 3.63) is 29.6 Å². The van der Waals surface area contributed by atoms with Gasteiger partial charge in [0, 0.05) is 18.8 Å². The Morgan fingerprint density at radius 3 is 2.88 bits per heavy atom. The van der Waals surface area contributed by atoms with Crippen LogP contribution < -0.4 is 11.1 Å². The molecule has 92 valence electrons. The predicted octanol–water partition coefficient (Wildman–Crippen LogP) is 1.32. The Kier molecular flexibility index (Phi) is 3.28. The summed E-state index contributed by atoms with van der Waals surface area (Å²) in [5.74, 6) is -0.797. The van der Waals surface area contributed by atoms with Crippen LogP contribution in [0.2, 0.25) is 0 Å². The average molecular weight is 238 g/mol. The summed E-state index contributed by atoms with van der Waals surface area (Å²) in [5, 5.41) is 2.80. The second kappa shape index (κ2) is 4.71. The molecule has 1 saturated carbocycles. The molecule has 1 amide bonds. The quantitative estimate of drug-likeness (QED) is 0.780. The lowest BCUT2D eigenvalue weighted by Gasteiger charge is -2.34. The fraction of sp³-hybridized carbons (Fsp3) is 0.417. The van der Waals surface area contributed by atoms with Gasteiger partial charge in [-0.05, 0) is 31.0 Å². The van der Waals surface area contributed by atoms with Crippen molar-refractivity contribution in [1.82, 2.24) is 5.32 Å². The van der Waals surface area contributed by atoms with E-state index in [0.29, 0.717) is 0 Å². The number of halogens is 1. The van der Waals surface area contributed by atoms with E-state index in [1.54, 1.807) is 7.11 Å². The molecular formula is C12H15FN2O2. The Morgan fingerprint density at radius 1 is 1.53 bits per heavy atom. The number of amides is 1. The van der Waals surface area contributed by atoms with Gasteiger partial charge < -0.3 is 15.8 Å². The lowest BCUT2D eigenvalue weighted by molar-refractivity contribution is 0.0176. The van der Waals surface area contributed by atoms with Gasteiger partial charge in [0.1, 0.15) is 5.82 Å². The maximum atomic E-state index is 13.0. The molecule has 0 aromatic heterocycles. The summed E-state index contributed by atoms with van der Waals surface area (Å²) in [4.78, 5) is 11.8. The number of nitrogen functional groups attached to an aromatic ring is 1. The van der Waals surface area contributed by atoms with E-state index in [9.17, 15) is 9.18 Å². The monoisotopic (exact) mass is 238 g/mol. The van der Waals surface area contributed by atoms with Crippen LogP contribution in [-0.4, -0.2) is 25.2 Å². The molecule has 1 aliphatic rings. The van der Waals surface area contributed by atoms with Crippen molar-refractivity contribution in [1.29, 1.82) is 0 Å². The van der Waals surface area contributed by atoms with Gasteiger partial charge in [-0.2, -0.15) is 0 Å². The highest BCUT2D eigenvalue weighted by molar-refractivity contribution is 5.99. The summed E-state index contributed by atoms with van der Waals surface area (Å²) in [6.07, 6.45) is 1.79. The lowest BCUT2D eigenvalue weighted by atomic mass is 9.89. The zero-order valence-corrected chi connectivity index (χ0v) is 9.57. The zero-order chi connectivity index (χ0) is 12.4. The van der Waals surface area contributed by atoms with Crippen molar-refractivity contribution in [2.45, 2.75) is 25.0 Å². The summed E-state index contributed by atoms with van der Waals surface area (Å²) >= 11 is 0. The molecule has 0 saturated heterocycles. The Balaban J connectivity index is 1.98. The van der Waals surface area contributed by atoms with Gasteiger partial charge in [0.05, 0.1) is 11.7 Å². The molecule has 1 aromatic rings. The second-order valence-electron chi connectivity index (χ2n) is 4.23. The van der Waals surface area contributed by atoms with Gasteiger partial charge in [0.15, 0.2) is 0 Å². The number of nitrogens with two attached hydrogens (primary N) is 1. The number of methoxy groups -OCH3 is 1. The Hall–Kier alpha value is -1.62. The Morgan fingerprint density at radius 2 is 2.24 bits per heavy atom. The highest BCUT2D eigenvalue weighted by atomic mass is 19.1. The van der Waals surface area contributed by atoms with E-state index in [1.165, 1.54) is 12.1 Å². The molecule has 0 unspecified atom stereocenters. The maximum Gasteiger partial charge on any atom is 0.253 e. The lowest BCUT2D eigenvalue weighted by Crippen LogP contribution is -2.47. The molecule has 4 nitrogen and oxygen atoms in total. The van der Waals surface area contributed by atoms with Crippen LogP contribution in [0.4, 0.5) is 10.1 Å². The summed E-state index contributed by atoms with van der Waals surface area (Å²) in [6, 6.07) is 3.87. The predicted molar refractivity (Wildman–Crippen MR) is 62.1 cm³/mol. The van der Waals surface area contributed by atoms with E-state index in [4.69, 9.17) is 10.5 Å². The van der Waals surface area contributed by atoms with E-state index in [1.807, 2.05) is 0 Å². The fourth-order valence-corrected chi connectivity index (χ4v) is 1.86. The van der Waals surface area contributed by atoms with E-state index >= 15 is 0 Å². The number of carbonyl (C=O) groups is 1. The molecule has 1 aromatic carbocycles. The number of benzene rings is 1. The van der Waals surface area contributed by atoms with Crippen molar-refractivity contribution in [2.75, 3.05) is 12.8 Å². The average Bonchev–Trinajstić information content (AvgIpc) is 2.25. The number of ether oxygens (including phenoxy) is 1. The standard InChI is InChI=1S/C12H15FN2O2/c1-17-9-5-8(6-9)15-12(16)10-4-7(13)2-3-11(10)14/h2-4,8-9H,5-6,14H2,1H3,(H,15,16). The van der Waals surface area contributed by atoms with E-state index in [2.05, 4.69) is 5.32 Å². The molecule has 0 bridgehead atoms. The van der Waals surface area contributed by atoms with Crippen LogP contribution in [0.1, 0.15) is 23.2 Å². The van der Waals surface area contributed by atoms with E-state index in [-0.39, 0.29) is 29.3 Å². The molecule has 3 N–H and O–H groups in total. The SMILES string of the molecule is COC1CC(NC(=O)c2cc(F)ccc2N)C1. The molecule has 0 aliphatic heterocycles. The third-order valence-corrected chi connectivity index (χ3v) is 3.02. The summed E-state index contributed by atoms with van der Waals surface area (Å²) in [5.41, 5.74) is 6.10. The van der Waals surface area contributed by atoms with Crippen molar-refractivity contribution in [3.63, 3.8) is 0 Å². The number of anilines is 1. The van der Waals surface area contributed by atoms with Crippen LogP contribution in [0.15, 0.2) is 18.2 Å². The minimum absolute atomic E-state index is 0.0927. The van der Waals surface area contributed by atoms with Gasteiger partial charge in [-0.25, -0.2) is 4.39 Å². The van der Waals surface area contributed by atoms with Crippen molar-refractivity contribution < 1.29 is 13.9 Å². The van der Waals surface area contributed by atoms with Crippen LogP contribution in [0.3, 0.4) is 0 Å². The van der Waals surface area contributed by atoms with Crippen LogP contribution in [0, 0.1) is 5.82 Å². The number of nitrogens with one attached hydrogen (secondary N) is 1. The van der Waals surface area contributed by atoms with E-state index < -0.39 is 5.82 Å². The normalized spacial score (nSPS) is 22.9. The second-order valence-corrected chi connectivity index (χ2v) is 4.23. The fourth-order valence-electron chi connectivity index (χ4n) is 1.86. The van der Waals surface area contributed by atoms with Crippen molar-refractivity contribution in [3.8, 4) is 0 Å². The summed E-state index contributed by atoms with van der Waals surface area (Å²) < 4.78 is 18.1. The number of rotatable bonds is 3. The van der Waals surface area contributed by atoms with Gasteiger partial charge in [0.25, 0.3) is 5.91 Å². The molecule has 1 fully saturated rings. The molecule has 5 heteroatoms. The van der Waals surface area contributed by atoms with Crippen LogP contribution >= 0.6 is 0 Å². The van der Waals surface area contributed by atoms with Crippen molar-refractivity contribution in [2.24, 2.45) is 0 Å². The third kappa shape index (κ3) is 2.55. The smallest absolute Gasteiger partial charge is 0.253 e. The van der Waals surface area contributed by atoms with Crippen LogP contribution in [0.5, 0.6) is 0 Å². The first-order chi connectivity index (χ1) is 8.10. The first-order valence-corrected chi connectivity index (χ1v) is 5.49. The highest BCUT2D eigenvalue weighted by Gasteiger charge is 2.30. The Labute approximate surface area is 98.9 Å². The third-order valence-electron chi connectivity index (χ3n) is 3.02. The number of hydrogen-bond acceptors (Lipinski definition) is 3. The molecule has 0 spiro atoms. The molecule has 2 rings (SSSR count). The molecule has 0 radical (unpaired) electrons. The molecule has 0 heterocycles. The van der Waals surface area contributed by atoms with Gasteiger partial charge in [-0.1, -0.05) is 0 Å². The summed E-state index contributed by atoms with van der Waals surface area (Å²) in [7, 11) is 1.65. The first kappa shape index (κ1) is 11.9. The van der Waals surface area contributed by atoms with Crippen LogP contribution in [0.25, 0.3) is 0 Å². The van der Waals surface area contributed by atoms with Gasteiger partial charge in [-0.3, -0.25) is 4.79 Å². The Bertz CT molecular complexity index is 431. The van der Waals surface area contributed by atoms with Crippen LogP contribution in [-0.2, 0) is 4.74 Å². The van der Waals surface area contributed by atoms with Gasteiger partial charge >= 0.3 is 0 Å². The molecule has 0 atom stereocenters. The number of hydrogen-bond donors (Lipinski definition) is 2. The topological polar surface area (TPSA) is 64.3 Å². The molecular weight excluding hydrogens is 223 g/mol. The van der Waals surface area contributed by atoms with Gasteiger partial charge in [-0.15, -0.1) is 0 Å². The maximum absolute atomic E-state index is 13.0. The first-order valence-electron chi connectivity index (χ1n) is 5.49. The van der Waals surface area contributed by atoms with E-state index in [0.717, 1.165) is 18.9 Å². The highest BCUT2D eigenvalue weighted by Crippen LogP contribution is 2.23. The largest absolute Gasteiger partial charge is 0.398 e. The minimum Gasteiger partial charge on any atom is -0.398 e. The van der Waals surface area contributed by atoms with Crippen molar-refractivity contribution >= 4 is 11.6 Å². The zero-order valence-electron chi connectivity index (χ0n) is 9.57. The van der Waals surface area contributed by atoms with Gasteiger partial charge in [0.2, 0.25) is 0 Å². The minimum atomic E-state index is -0.465. The molecule has 1 aliphatic carbocycles.